The van der Waals surface area contributed by atoms with Crippen molar-refractivity contribution in [2.75, 3.05) is 12.5 Å². The van der Waals surface area contributed by atoms with Gasteiger partial charge in [-0.1, -0.05) is 13.0 Å². The van der Waals surface area contributed by atoms with E-state index in [-0.39, 0.29) is 18.2 Å². The van der Waals surface area contributed by atoms with Crippen molar-refractivity contribution in [3.8, 4) is 0 Å². The lowest BCUT2D eigenvalue weighted by molar-refractivity contribution is -0.149. The molecule has 0 aliphatic rings. The Kier molecular flexibility index (Phi) is 5.81. The van der Waals surface area contributed by atoms with E-state index in [0.29, 0.717) is 6.61 Å². The predicted octanol–water partition coefficient (Wildman–Crippen LogP) is 1.73. The Morgan fingerprint density at radius 2 is 2.36 bits per heavy atom. The minimum atomic E-state index is -1.25. The van der Waals surface area contributed by atoms with Gasteiger partial charge in [0.15, 0.2) is 0 Å². The maximum Gasteiger partial charge on any atom is 0.308 e. The van der Waals surface area contributed by atoms with E-state index < -0.39 is 11.6 Å². The number of carbonyl (C=O) groups excluding carboxylic acids is 1. The smallest absolute Gasteiger partial charge is 0.308 e. The fourth-order valence-corrected chi connectivity index (χ4v) is 1.35. The number of alkyl halides is 1. The Hall–Kier alpha value is -0.540. The van der Waals surface area contributed by atoms with Gasteiger partial charge in [-0.05, 0) is 6.92 Å². The van der Waals surface area contributed by atoms with Gasteiger partial charge in [0.25, 0.3) is 0 Å². The van der Waals surface area contributed by atoms with Gasteiger partial charge in [-0.15, -0.1) is 18.2 Å². The van der Waals surface area contributed by atoms with Gasteiger partial charge in [0.05, 0.1) is 24.5 Å². The van der Waals surface area contributed by atoms with E-state index in [9.17, 15) is 9.90 Å². The molecule has 0 bridgehead atoms. The minimum Gasteiger partial charge on any atom is -0.466 e. The normalized spacial score (nSPS) is 16.9. The fourth-order valence-electron chi connectivity index (χ4n) is 1.01. The second-order valence-electron chi connectivity index (χ2n) is 3.24. The zero-order chi connectivity index (χ0) is 11.2. The molecule has 0 aromatic rings. The summed E-state index contributed by atoms with van der Waals surface area (Å²) in [4.78, 5) is 11.2. The largest absolute Gasteiger partial charge is 0.466 e. The van der Waals surface area contributed by atoms with Crippen molar-refractivity contribution in [3.63, 3.8) is 0 Å². The van der Waals surface area contributed by atoms with Crippen LogP contribution in [0.3, 0.4) is 0 Å². The number of carbonyl (C=O) groups is 1. The molecule has 0 saturated heterocycles. The topological polar surface area (TPSA) is 46.5 Å². The summed E-state index contributed by atoms with van der Waals surface area (Å²) in [6.45, 7) is 7.34. The molecule has 0 spiro atoms. The van der Waals surface area contributed by atoms with Gasteiger partial charge in [-0.2, -0.15) is 0 Å². The van der Waals surface area contributed by atoms with Crippen molar-refractivity contribution in [2.45, 2.75) is 25.9 Å². The summed E-state index contributed by atoms with van der Waals surface area (Å²) in [7, 11) is 0. The van der Waals surface area contributed by atoms with Crippen LogP contribution in [-0.2, 0) is 9.53 Å². The van der Waals surface area contributed by atoms with Crippen LogP contribution in [0.15, 0.2) is 12.7 Å². The number of hydrogen-bond donors (Lipinski definition) is 1. The lowest BCUT2D eigenvalue weighted by Crippen LogP contribution is -2.40. The van der Waals surface area contributed by atoms with Crippen LogP contribution in [0.2, 0.25) is 0 Å². The van der Waals surface area contributed by atoms with E-state index in [1.807, 2.05) is 0 Å². The van der Waals surface area contributed by atoms with E-state index in [1.54, 1.807) is 19.9 Å². The molecule has 0 aromatic heterocycles. The first kappa shape index (κ1) is 13.5. The van der Waals surface area contributed by atoms with Crippen molar-refractivity contribution >= 4 is 17.6 Å². The second kappa shape index (κ2) is 6.04. The summed E-state index contributed by atoms with van der Waals surface area (Å²) in [5.74, 6) is -0.701. The van der Waals surface area contributed by atoms with Crippen molar-refractivity contribution in [3.05, 3.63) is 12.7 Å². The molecule has 0 aromatic carbocycles. The van der Waals surface area contributed by atoms with Crippen LogP contribution in [0.1, 0.15) is 20.3 Å². The van der Waals surface area contributed by atoms with Crippen LogP contribution in [-0.4, -0.2) is 29.2 Å². The van der Waals surface area contributed by atoms with Crippen molar-refractivity contribution in [1.29, 1.82) is 0 Å². The van der Waals surface area contributed by atoms with Crippen molar-refractivity contribution < 1.29 is 14.6 Å². The van der Waals surface area contributed by atoms with E-state index in [0.717, 1.165) is 0 Å². The number of aliphatic hydroxyl groups is 1. The van der Waals surface area contributed by atoms with Gasteiger partial charge >= 0.3 is 5.97 Å². The third-order valence-electron chi connectivity index (χ3n) is 2.19. The molecule has 2 atom stereocenters. The Morgan fingerprint density at radius 3 is 2.71 bits per heavy atom. The Labute approximate surface area is 89.7 Å². The Morgan fingerprint density at radius 1 is 1.79 bits per heavy atom. The van der Waals surface area contributed by atoms with Crippen molar-refractivity contribution in [1.82, 2.24) is 0 Å². The van der Waals surface area contributed by atoms with Gasteiger partial charge in [0.2, 0.25) is 0 Å². The first-order chi connectivity index (χ1) is 6.50. The lowest BCUT2D eigenvalue weighted by atomic mass is 9.87. The summed E-state index contributed by atoms with van der Waals surface area (Å²) in [6.07, 6.45) is 1.47. The molecule has 3 nitrogen and oxygen atoms in total. The standard InChI is InChI=1S/C10H17ClO3/c1-4-8(3)10(13,7-11)6-9(12)14-5-2/h4,8,13H,1,5-7H2,2-3H3. The van der Waals surface area contributed by atoms with Crippen LogP contribution in [0, 0.1) is 5.92 Å². The van der Waals surface area contributed by atoms with Crippen molar-refractivity contribution in [2.24, 2.45) is 5.92 Å². The zero-order valence-electron chi connectivity index (χ0n) is 8.62. The first-order valence-electron chi connectivity index (χ1n) is 4.56. The lowest BCUT2D eigenvalue weighted by Gasteiger charge is -2.29. The summed E-state index contributed by atoms with van der Waals surface area (Å²) in [6, 6.07) is 0. The summed E-state index contributed by atoms with van der Waals surface area (Å²) in [5.41, 5.74) is -1.25. The fraction of sp³-hybridized carbons (Fsp3) is 0.700. The van der Waals surface area contributed by atoms with Crippen LogP contribution in [0.25, 0.3) is 0 Å². The van der Waals surface area contributed by atoms with E-state index in [2.05, 4.69) is 6.58 Å². The summed E-state index contributed by atoms with van der Waals surface area (Å²) >= 11 is 5.62. The molecule has 0 aliphatic carbocycles. The van der Waals surface area contributed by atoms with Gasteiger partial charge < -0.3 is 9.84 Å². The molecule has 82 valence electrons. The molecule has 0 rings (SSSR count). The molecule has 0 fully saturated rings. The highest BCUT2D eigenvalue weighted by Gasteiger charge is 2.34. The third kappa shape index (κ3) is 3.68. The Balaban J connectivity index is 4.38. The maximum absolute atomic E-state index is 11.2. The van der Waals surface area contributed by atoms with Crippen LogP contribution in [0.5, 0.6) is 0 Å². The molecule has 14 heavy (non-hydrogen) atoms. The highest BCUT2D eigenvalue weighted by Crippen LogP contribution is 2.24. The molecule has 0 radical (unpaired) electrons. The van der Waals surface area contributed by atoms with Gasteiger partial charge in [-0.3, -0.25) is 4.79 Å². The summed E-state index contributed by atoms with van der Waals surface area (Å²) in [5, 5.41) is 9.98. The SMILES string of the molecule is C=CC(C)C(O)(CCl)CC(=O)OCC. The van der Waals surface area contributed by atoms with Gasteiger partial charge in [0.1, 0.15) is 0 Å². The quantitative estimate of drug-likeness (QED) is 0.421. The Bertz CT molecular complexity index is 206. The van der Waals surface area contributed by atoms with Crippen LogP contribution < -0.4 is 0 Å². The molecule has 0 aliphatic heterocycles. The number of ether oxygens (including phenoxy) is 1. The van der Waals surface area contributed by atoms with E-state index in [1.165, 1.54) is 0 Å². The maximum atomic E-state index is 11.2. The van der Waals surface area contributed by atoms with E-state index in [4.69, 9.17) is 16.3 Å². The highest BCUT2D eigenvalue weighted by atomic mass is 35.5. The molecule has 4 heteroatoms. The predicted molar refractivity (Wildman–Crippen MR) is 56.3 cm³/mol. The van der Waals surface area contributed by atoms with E-state index >= 15 is 0 Å². The molecule has 0 amide bonds. The highest BCUT2D eigenvalue weighted by molar-refractivity contribution is 6.18. The number of halogens is 1. The minimum absolute atomic E-state index is 0.0149. The molecule has 1 N–H and O–H groups in total. The second-order valence-corrected chi connectivity index (χ2v) is 3.51. The van der Waals surface area contributed by atoms with Crippen LogP contribution >= 0.6 is 11.6 Å². The number of hydrogen-bond acceptors (Lipinski definition) is 3. The molecular weight excluding hydrogens is 204 g/mol. The summed E-state index contributed by atoms with van der Waals surface area (Å²) < 4.78 is 4.74. The monoisotopic (exact) mass is 220 g/mol. The zero-order valence-corrected chi connectivity index (χ0v) is 9.38. The molecular formula is C10H17ClO3. The molecule has 2 unspecified atom stereocenters. The molecule has 0 heterocycles. The number of esters is 1. The average Bonchev–Trinajstić information content (AvgIpc) is 2.16. The third-order valence-corrected chi connectivity index (χ3v) is 2.65. The molecule has 0 saturated carbocycles. The number of rotatable bonds is 6. The van der Waals surface area contributed by atoms with Gasteiger partial charge in [-0.25, -0.2) is 0 Å². The van der Waals surface area contributed by atoms with Gasteiger partial charge in [0, 0.05) is 5.92 Å². The van der Waals surface area contributed by atoms with Crippen LogP contribution in [0.4, 0.5) is 0 Å². The average molecular weight is 221 g/mol. The first-order valence-corrected chi connectivity index (χ1v) is 5.10.